The first-order chi connectivity index (χ1) is 18.4. The highest BCUT2D eigenvalue weighted by molar-refractivity contribution is 5.98. The highest BCUT2D eigenvalue weighted by Crippen LogP contribution is 2.29. The zero-order valence-corrected chi connectivity index (χ0v) is 22.0. The van der Waals surface area contributed by atoms with Crippen LogP contribution in [0, 0.1) is 11.6 Å². The summed E-state index contributed by atoms with van der Waals surface area (Å²) in [5.41, 5.74) is 2.79. The van der Waals surface area contributed by atoms with Gasteiger partial charge < -0.3 is 29.9 Å². The molecular formula is C27H34F2N6O3. The fraction of sp³-hybridized carbons (Fsp3) is 0.444. The number of carbonyl (C=O) groups excluding carboxylic acids is 1. The second kappa shape index (κ2) is 12.9. The number of halogens is 2. The summed E-state index contributed by atoms with van der Waals surface area (Å²) in [4.78, 5) is 26.6. The molecule has 38 heavy (non-hydrogen) atoms. The number of rotatable bonds is 11. The molecule has 1 saturated heterocycles. The highest BCUT2D eigenvalue weighted by atomic mass is 19.2. The monoisotopic (exact) mass is 528 g/mol. The van der Waals surface area contributed by atoms with Crippen LogP contribution in [-0.2, 0) is 9.47 Å². The van der Waals surface area contributed by atoms with Crippen molar-refractivity contribution in [3.63, 3.8) is 0 Å². The maximum absolute atomic E-state index is 13.9. The quantitative estimate of drug-likeness (QED) is 0.367. The van der Waals surface area contributed by atoms with E-state index in [2.05, 4.69) is 20.5 Å². The first kappa shape index (κ1) is 27.6. The molecular weight excluding hydrogens is 494 g/mol. The van der Waals surface area contributed by atoms with Crippen molar-refractivity contribution in [3.05, 3.63) is 59.3 Å². The third kappa shape index (κ3) is 6.72. The number of nitrogens with one attached hydrogen (secondary N) is 2. The van der Waals surface area contributed by atoms with Crippen LogP contribution in [0.4, 0.5) is 20.3 Å². The van der Waals surface area contributed by atoms with Gasteiger partial charge in [-0.2, -0.15) is 0 Å². The van der Waals surface area contributed by atoms with Gasteiger partial charge in [-0.3, -0.25) is 9.78 Å². The number of nitrogens with zero attached hydrogens (tertiary/aromatic N) is 4. The summed E-state index contributed by atoms with van der Waals surface area (Å²) in [6, 6.07) is 6.79. The zero-order chi connectivity index (χ0) is 27.1. The molecule has 0 aliphatic carbocycles. The summed E-state index contributed by atoms with van der Waals surface area (Å²) in [5, 5.41) is 6.22. The van der Waals surface area contributed by atoms with Crippen LogP contribution in [-0.4, -0.2) is 87.5 Å². The average molecular weight is 529 g/mol. The lowest BCUT2D eigenvalue weighted by Crippen LogP contribution is -2.36. The summed E-state index contributed by atoms with van der Waals surface area (Å²) in [5.74, 6) is -1.31. The average Bonchev–Trinajstić information content (AvgIpc) is 2.94. The second-order valence-electron chi connectivity index (χ2n) is 9.20. The molecule has 0 bridgehead atoms. The SMILES string of the molecule is CNCCOCCN(C)C(=O)c1cc(C(C)Nc2ccc(F)c(F)c2)c2nc(N3CCOCC3)cnc2c1. The number of hydrogen-bond acceptors (Lipinski definition) is 8. The molecule has 11 heteroatoms. The van der Waals surface area contributed by atoms with Crippen LogP contribution in [0.15, 0.2) is 36.5 Å². The number of hydrogen-bond donors (Lipinski definition) is 2. The van der Waals surface area contributed by atoms with E-state index in [9.17, 15) is 13.6 Å². The maximum Gasteiger partial charge on any atom is 0.253 e. The predicted octanol–water partition coefficient (Wildman–Crippen LogP) is 3.23. The third-order valence-electron chi connectivity index (χ3n) is 6.43. The van der Waals surface area contributed by atoms with E-state index < -0.39 is 11.6 Å². The first-order valence-electron chi connectivity index (χ1n) is 12.7. The molecule has 1 aliphatic rings. The molecule has 1 fully saturated rings. The fourth-order valence-corrected chi connectivity index (χ4v) is 4.24. The van der Waals surface area contributed by atoms with Crippen molar-refractivity contribution in [2.75, 3.05) is 76.9 Å². The zero-order valence-electron chi connectivity index (χ0n) is 22.0. The third-order valence-corrected chi connectivity index (χ3v) is 6.43. The number of morpholine rings is 1. The molecule has 0 radical (unpaired) electrons. The van der Waals surface area contributed by atoms with Gasteiger partial charge in [-0.25, -0.2) is 13.8 Å². The Balaban J connectivity index is 1.65. The molecule has 1 atom stereocenters. The van der Waals surface area contributed by atoms with Gasteiger partial charge in [0.25, 0.3) is 5.91 Å². The van der Waals surface area contributed by atoms with Crippen molar-refractivity contribution in [1.82, 2.24) is 20.2 Å². The lowest BCUT2D eigenvalue weighted by Gasteiger charge is -2.28. The van der Waals surface area contributed by atoms with Crippen LogP contribution >= 0.6 is 0 Å². The van der Waals surface area contributed by atoms with Gasteiger partial charge in [-0.1, -0.05) is 0 Å². The molecule has 204 valence electrons. The summed E-state index contributed by atoms with van der Waals surface area (Å²) < 4.78 is 38.3. The number of anilines is 2. The maximum atomic E-state index is 13.9. The number of benzene rings is 2. The Kier molecular flexibility index (Phi) is 9.38. The summed E-state index contributed by atoms with van der Waals surface area (Å²) >= 11 is 0. The first-order valence-corrected chi connectivity index (χ1v) is 12.7. The van der Waals surface area contributed by atoms with E-state index in [-0.39, 0.29) is 11.9 Å². The number of amides is 1. The van der Waals surface area contributed by atoms with E-state index in [1.165, 1.54) is 6.07 Å². The number of likely N-dealkylation sites (N-methyl/N-ethyl adjacent to an activating group) is 2. The van der Waals surface area contributed by atoms with Gasteiger partial charge in [-0.15, -0.1) is 0 Å². The molecule has 3 aromatic rings. The van der Waals surface area contributed by atoms with Crippen molar-refractivity contribution in [2.24, 2.45) is 0 Å². The normalized spacial score (nSPS) is 14.5. The van der Waals surface area contributed by atoms with Crippen molar-refractivity contribution in [3.8, 4) is 0 Å². The molecule has 0 saturated carbocycles. The number of fused-ring (bicyclic) bond motifs is 1. The van der Waals surface area contributed by atoms with Crippen LogP contribution in [0.5, 0.6) is 0 Å². The molecule has 2 aromatic carbocycles. The fourth-order valence-electron chi connectivity index (χ4n) is 4.24. The number of ether oxygens (including phenoxy) is 2. The van der Waals surface area contributed by atoms with Crippen molar-refractivity contribution in [1.29, 1.82) is 0 Å². The van der Waals surface area contributed by atoms with Gasteiger partial charge >= 0.3 is 0 Å². The smallest absolute Gasteiger partial charge is 0.253 e. The van der Waals surface area contributed by atoms with Crippen LogP contribution in [0.2, 0.25) is 0 Å². The van der Waals surface area contributed by atoms with E-state index in [0.29, 0.717) is 68.3 Å². The molecule has 1 unspecified atom stereocenters. The van der Waals surface area contributed by atoms with Crippen molar-refractivity contribution < 1.29 is 23.0 Å². The predicted molar refractivity (Wildman–Crippen MR) is 143 cm³/mol. The van der Waals surface area contributed by atoms with E-state index in [4.69, 9.17) is 14.5 Å². The molecule has 9 nitrogen and oxygen atoms in total. The standard InChI is InChI=1S/C27H34F2N6O3/c1-18(32-20-4-5-22(28)23(29)16-20)21-14-19(27(36)34(3)7-11-37-10-6-30-2)15-24-26(21)33-25(17-31-24)35-8-12-38-13-9-35/h4-5,14-18,30,32H,6-13H2,1-3H3. The summed E-state index contributed by atoms with van der Waals surface area (Å²) in [6.07, 6.45) is 1.71. The minimum Gasteiger partial charge on any atom is -0.378 e. The minimum atomic E-state index is -0.941. The molecule has 4 rings (SSSR count). The number of aromatic nitrogens is 2. The Morgan fingerprint density at radius 2 is 1.97 bits per heavy atom. The topological polar surface area (TPSA) is 91.9 Å². The summed E-state index contributed by atoms with van der Waals surface area (Å²) in [6.45, 7) is 6.66. The van der Waals surface area contributed by atoms with Gasteiger partial charge in [0, 0.05) is 56.1 Å². The van der Waals surface area contributed by atoms with Crippen LogP contribution in [0.25, 0.3) is 11.0 Å². The summed E-state index contributed by atoms with van der Waals surface area (Å²) in [7, 11) is 3.58. The van der Waals surface area contributed by atoms with Gasteiger partial charge in [0.15, 0.2) is 11.6 Å². The van der Waals surface area contributed by atoms with Gasteiger partial charge in [0.05, 0.1) is 49.7 Å². The van der Waals surface area contributed by atoms with Gasteiger partial charge in [-0.05, 0) is 38.2 Å². The lowest BCUT2D eigenvalue weighted by atomic mass is 10.0. The second-order valence-corrected chi connectivity index (χ2v) is 9.20. The van der Waals surface area contributed by atoms with Crippen molar-refractivity contribution >= 4 is 28.4 Å². The Bertz CT molecular complexity index is 1250. The Morgan fingerprint density at radius 3 is 2.71 bits per heavy atom. The molecule has 2 heterocycles. The van der Waals surface area contributed by atoms with Crippen LogP contribution in [0.3, 0.4) is 0 Å². The Hall–Kier alpha value is -3.41. The van der Waals surface area contributed by atoms with Crippen molar-refractivity contribution in [2.45, 2.75) is 13.0 Å². The molecule has 1 amide bonds. The van der Waals surface area contributed by atoms with E-state index in [1.54, 1.807) is 30.3 Å². The highest BCUT2D eigenvalue weighted by Gasteiger charge is 2.21. The molecule has 2 N–H and O–H groups in total. The lowest BCUT2D eigenvalue weighted by molar-refractivity contribution is 0.0700. The van der Waals surface area contributed by atoms with Gasteiger partial charge in [0.2, 0.25) is 0 Å². The minimum absolute atomic E-state index is 0.176. The Labute approximate surface area is 221 Å². The Morgan fingerprint density at radius 1 is 1.18 bits per heavy atom. The number of carbonyl (C=O) groups is 1. The van der Waals surface area contributed by atoms with Crippen LogP contribution in [0.1, 0.15) is 28.9 Å². The van der Waals surface area contributed by atoms with Crippen LogP contribution < -0.4 is 15.5 Å². The van der Waals surface area contributed by atoms with E-state index >= 15 is 0 Å². The van der Waals surface area contributed by atoms with Gasteiger partial charge in [0.1, 0.15) is 5.82 Å². The molecule has 0 spiro atoms. The molecule has 1 aromatic heterocycles. The van der Waals surface area contributed by atoms with E-state index in [1.807, 2.05) is 14.0 Å². The molecule has 1 aliphatic heterocycles. The van der Waals surface area contributed by atoms with E-state index in [0.717, 1.165) is 30.1 Å². The largest absolute Gasteiger partial charge is 0.378 e.